The topological polar surface area (TPSA) is 126 Å². The fraction of sp³-hybridized carbons (Fsp3) is 0.900. The summed E-state index contributed by atoms with van der Waals surface area (Å²) in [5.41, 5.74) is 0.0944. The van der Waals surface area contributed by atoms with Gasteiger partial charge in [0.2, 0.25) is 0 Å². The van der Waals surface area contributed by atoms with Crippen molar-refractivity contribution in [2.24, 2.45) is 50.7 Å². The zero-order chi connectivity index (χ0) is 35.6. The number of ether oxygens (including phenoxy) is 4. The minimum Gasteiger partial charge on any atom is -0.457 e. The van der Waals surface area contributed by atoms with Crippen LogP contribution in [0.1, 0.15) is 112 Å². The Kier molecular flexibility index (Phi) is 8.31. The van der Waals surface area contributed by atoms with Gasteiger partial charge in [-0.15, -0.1) is 0 Å². The van der Waals surface area contributed by atoms with Crippen LogP contribution in [0, 0.1) is 50.7 Å². The number of aromatic amines is 1. The fourth-order valence-corrected chi connectivity index (χ4v) is 14.3. The number of hydrogen-bond acceptors (Lipinski definition) is 9. The number of aliphatic hydroxyl groups excluding tert-OH is 1. The SMILES string of the molecule is CC(=O)OC(C1CC(C)C2C(O1)C(O)C1(C)C3CCC4C(C)(C)C(OC5CN(Cc6cnc[nH]6)CCO5)CCC45CC35CCC21C)C(C)(C)O. The van der Waals surface area contributed by atoms with Crippen molar-refractivity contribution < 1.29 is 34.0 Å². The summed E-state index contributed by atoms with van der Waals surface area (Å²) in [6.07, 6.45) is 10.2. The van der Waals surface area contributed by atoms with Crippen molar-refractivity contribution >= 4 is 5.97 Å². The molecule has 2 spiro atoms. The van der Waals surface area contributed by atoms with E-state index in [4.69, 9.17) is 18.9 Å². The van der Waals surface area contributed by atoms with Crippen LogP contribution in [0.5, 0.6) is 0 Å². The molecule has 1 aromatic rings. The molecule has 14 atom stereocenters. The number of carbonyl (C=O) groups is 1. The zero-order valence-electron chi connectivity index (χ0n) is 31.7. The van der Waals surface area contributed by atoms with E-state index in [1.54, 1.807) is 20.2 Å². The van der Waals surface area contributed by atoms with Crippen LogP contribution in [0.2, 0.25) is 0 Å². The summed E-state index contributed by atoms with van der Waals surface area (Å²) in [4.78, 5) is 21.9. The summed E-state index contributed by atoms with van der Waals surface area (Å²) in [6, 6.07) is 0. The average molecular weight is 698 g/mol. The molecular formula is C40H63N3O7. The number of H-pyrrole nitrogens is 1. The Hall–Kier alpha value is -1.56. The highest BCUT2D eigenvalue weighted by molar-refractivity contribution is 5.66. The van der Waals surface area contributed by atoms with Crippen LogP contribution in [-0.2, 0) is 30.3 Å². The highest BCUT2D eigenvalue weighted by Gasteiger charge is 2.84. The number of nitrogens with one attached hydrogen (secondary N) is 1. The molecule has 8 rings (SSSR count). The smallest absolute Gasteiger partial charge is 0.303 e. The first-order chi connectivity index (χ1) is 23.5. The minimum absolute atomic E-state index is 0.0271. The van der Waals surface area contributed by atoms with E-state index in [0.29, 0.717) is 30.3 Å². The highest BCUT2D eigenvalue weighted by Crippen LogP contribution is 2.89. The molecule has 5 aliphatic carbocycles. The maximum atomic E-state index is 12.6. The largest absolute Gasteiger partial charge is 0.457 e. The van der Waals surface area contributed by atoms with Crippen molar-refractivity contribution in [2.75, 3.05) is 19.7 Å². The third-order valence-electron chi connectivity index (χ3n) is 16.5. The Bertz CT molecular complexity index is 1450. The van der Waals surface area contributed by atoms with Crippen LogP contribution in [0.25, 0.3) is 0 Å². The maximum absolute atomic E-state index is 12.6. The van der Waals surface area contributed by atoms with Crippen molar-refractivity contribution in [1.82, 2.24) is 14.9 Å². The van der Waals surface area contributed by atoms with E-state index in [0.717, 1.165) is 51.0 Å². The number of imidazole rings is 1. The fourth-order valence-electron chi connectivity index (χ4n) is 14.3. The van der Waals surface area contributed by atoms with Crippen LogP contribution >= 0.6 is 0 Å². The van der Waals surface area contributed by atoms with Gasteiger partial charge in [-0.1, -0.05) is 34.6 Å². The third-order valence-corrected chi connectivity index (χ3v) is 16.5. The summed E-state index contributed by atoms with van der Waals surface area (Å²) >= 11 is 0. The van der Waals surface area contributed by atoms with Crippen LogP contribution in [0.3, 0.4) is 0 Å². The molecule has 2 aliphatic heterocycles. The molecule has 280 valence electrons. The van der Waals surface area contributed by atoms with Gasteiger partial charge < -0.3 is 34.1 Å². The van der Waals surface area contributed by atoms with Crippen molar-refractivity contribution in [3.63, 3.8) is 0 Å². The van der Waals surface area contributed by atoms with E-state index in [9.17, 15) is 15.0 Å². The molecule has 0 bridgehead atoms. The van der Waals surface area contributed by atoms with E-state index < -0.39 is 29.9 Å². The molecule has 10 heteroatoms. The number of esters is 1. The Morgan fingerprint density at radius 3 is 2.58 bits per heavy atom. The molecule has 3 heterocycles. The lowest BCUT2D eigenvalue weighted by Gasteiger charge is -2.64. The number of fused-ring (bicyclic) bond motifs is 4. The predicted molar refractivity (Wildman–Crippen MR) is 186 cm³/mol. The Morgan fingerprint density at radius 2 is 1.88 bits per heavy atom. The van der Waals surface area contributed by atoms with Gasteiger partial charge in [0.1, 0.15) is 0 Å². The van der Waals surface area contributed by atoms with Gasteiger partial charge in [-0.05, 0) is 111 Å². The Balaban J connectivity index is 1.01. The number of carbonyl (C=O) groups excluding carboxylic acids is 1. The van der Waals surface area contributed by atoms with Crippen LogP contribution in [0.4, 0.5) is 0 Å². The van der Waals surface area contributed by atoms with Gasteiger partial charge in [0.15, 0.2) is 12.4 Å². The van der Waals surface area contributed by atoms with Gasteiger partial charge in [0.05, 0.1) is 49.5 Å². The van der Waals surface area contributed by atoms with Crippen LogP contribution in [-0.4, -0.2) is 93.2 Å². The predicted octanol–water partition coefficient (Wildman–Crippen LogP) is 5.47. The first-order valence-corrected chi connectivity index (χ1v) is 19.7. The number of rotatable bonds is 7. The first kappa shape index (κ1) is 35.5. The molecule has 50 heavy (non-hydrogen) atoms. The summed E-state index contributed by atoms with van der Waals surface area (Å²) in [7, 11) is 0. The van der Waals surface area contributed by atoms with Gasteiger partial charge in [-0.25, -0.2) is 4.98 Å². The highest BCUT2D eigenvalue weighted by atomic mass is 16.7. The van der Waals surface area contributed by atoms with Gasteiger partial charge in [-0.2, -0.15) is 0 Å². The lowest BCUT2D eigenvalue weighted by molar-refractivity contribution is -0.249. The second kappa shape index (κ2) is 11.7. The Morgan fingerprint density at radius 1 is 1.14 bits per heavy atom. The van der Waals surface area contributed by atoms with Crippen molar-refractivity contribution in [3.05, 3.63) is 18.2 Å². The van der Waals surface area contributed by atoms with Crippen LogP contribution < -0.4 is 0 Å². The monoisotopic (exact) mass is 697 g/mol. The summed E-state index contributed by atoms with van der Waals surface area (Å²) in [5.74, 6) is 1.08. The molecule has 10 nitrogen and oxygen atoms in total. The zero-order valence-corrected chi connectivity index (χ0v) is 31.7. The van der Waals surface area contributed by atoms with Crippen molar-refractivity contribution in [1.29, 1.82) is 0 Å². The molecule has 2 saturated heterocycles. The number of aromatic nitrogens is 2. The molecule has 0 aromatic carbocycles. The molecule has 0 radical (unpaired) electrons. The van der Waals surface area contributed by atoms with E-state index in [-0.39, 0.29) is 52.0 Å². The number of morpholine rings is 1. The molecule has 7 aliphatic rings. The summed E-state index contributed by atoms with van der Waals surface area (Å²) < 4.78 is 25.7. The number of nitrogens with zero attached hydrogens (tertiary/aromatic N) is 2. The van der Waals surface area contributed by atoms with E-state index >= 15 is 0 Å². The first-order valence-electron chi connectivity index (χ1n) is 19.7. The summed E-state index contributed by atoms with van der Waals surface area (Å²) in [6.45, 7) is 20.0. The molecule has 5 saturated carbocycles. The molecule has 0 amide bonds. The lowest BCUT2D eigenvalue weighted by Crippen LogP contribution is -2.60. The molecule has 7 fully saturated rings. The number of hydrogen-bond donors (Lipinski definition) is 3. The van der Waals surface area contributed by atoms with Gasteiger partial charge >= 0.3 is 5.97 Å². The lowest BCUT2D eigenvalue weighted by atomic mass is 9.41. The van der Waals surface area contributed by atoms with Gasteiger partial charge in [0, 0.05) is 37.3 Å². The maximum Gasteiger partial charge on any atom is 0.303 e. The quantitative estimate of drug-likeness (QED) is 0.318. The second-order valence-corrected chi connectivity index (χ2v) is 19.5. The third kappa shape index (κ3) is 4.93. The standard InChI is InChI=1S/C40H63N3O7/c1-23-17-26(34(36(5,6)46)48-24(2)44)49-32-31(23)37(7)13-14-40-21-39(40)12-11-29(35(3,4)27(39)9-10-28(40)38(37,8)33(32)45)50-30-20-43(15-16-47-30)19-25-18-41-22-42-25/h18,22-23,26-34,45-46H,9-17,19-21H2,1-8H3,(H,41,42). The van der Waals surface area contributed by atoms with E-state index in [1.165, 1.54) is 26.2 Å². The number of aliphatic hydroxyl groups is 2. The van der Waals surface area contributed by atoms with Gasteiger partial charge in [0.25, 0.3) is 0 Å². The summed E-state index contributed by atoms with van der Waals surface area (Å²) in [5, 5.41) is 23.7. The second-order valence-electron chi connectivity index (χ2n) is 19.5. The van der Waals surface area contributed by atoms with E-state index in [2.05, 4.69) is 49.5 Å². The van der Waals surface area contributed by atoms with E-state index in [1.807, 2.05) is 6.20 Å². The normalized spacial score (nSPS) is 48.7. The minimum atomic E-state index is -1.26. The molecule has 14 unspecified atom stereocenters. The van der Waals surface area contributed by atoms with Crippen LogP contribution in [0.15, 0.2) is 12.5 Å². The van der Waals surface area contributed by atoms with Gasteiger partial charge in [-0.3, -0.25) is 9.69 Å². The molecule has 1 aromatic heterocycles. The Labute approximate surface area is 298 Å². The van der Waals surface area contributed by atoms with Crippen molar-refractivity contribution in [2.45, 2.75) is 156 Å². The molecule has 3 N–H and O–H groups in total. The van der Waals surface area contributed by atoms with Crippen molar-refractivity contribution in [3.8, 4) is 0 Å². The average Bonchev–Trinajstić information content (AvgIpc) is 3.33. The molecular weight excluding hydrogens is 634 g/mol.